The van der Waals surface area contributed by atoms with Gasteiger partial charge in [0.05, 0.1) is 17.9 Å². The minimum absolute atomic E-state index is 0.0240. The lowest BCUT2D eigenvalue weighted by Gasteiger charge is -2.18. The van der Waals surface area contributed by atoms with E-state index in [1.807, 2.05) is 31.4 Å². The van der Waals surface area contributed by atoms with Crippen LogP contribution in [0.2, 0.25) is 0 Å². The fourth-order valence-corrected chi connectivity index (χ4v) is 2.95. The van der Waals surface area contributed by atoms with Crippen LogP contribution in [0.1, 0.15) is 25.6 Å². The third-order valence-electron chi connectivity index (χ3n) is 2.48. The van der Waals surface area contributed by atoms with Crippen molar-refractivity contribution in [3.05, 3.63) is 22.4 Å². The monoisotopic (exact) mass is 273 g/mol. The van der Waals surface area contributed by atoms with Gasteiger partial charge in [0, 0.05) is 10.1 Å². The number of thioether (sulfide) groups is 1. The molecule has 96 valence electrons. The van der Waals surface area contributed by atoms with Gasteiger partial charge in [-0.3, -0.25) is 4.79 Å². The molecule has 3 atom stereocenters. The van der Waals surface area contributed by atoms with Gasteiger partial charge < -0.3 is 10.4 Å². The van der Waals surface area contributed by atoms with Crippen LogP contribution in [0.15, 0.2) is 17.5 Å². The summed E-state index contributed by atoms with van der Waals surface area (Å²) in [7, 11) is 0. The number of rotatable bonds is 6. The molecule has 0 aliphatic carbocycles. The molecular formula is C12H19NO2S2. The minimum Gasteiger partial charge on any atom is -0.392 e. The zero-order valence-corrected chi connectivity index (χ0v) is 12.0. The first-order valence-electron chi connectivity index (χ1n) is 5.64. The summed E-state index contributed by atoms with van der Waals surface area (Å²) >= 11 is 3.13. The van der Waals surface area contributed by atoms with Crippen LogP contribution in [0, 0.1) is 0 Å². The molecule has 0 aromatic carbocycles. The van der Waals surface area contributed by atoms with Crippen molar-refractivity contribution in [3.8, 4) is 0 Å². The average molecular weight is 273 g/mol. The molecule has 0 aliphatic rings. The minimum atomic E-state index is -0.396. The van der Waals surface area contributed by atoms with Crippen molar-refractivity contribution in [3.63, 3.8) is 0 Å². The number of hydrogen-bond donors (Lipinski definition) is 2. The number of carbonyl (C=O) groups is 1. The Morgan fingerprint density at radius 3 is 2.76 bits per heavy atom. The Hall–Kier alpha value is -0.520. The quantitative estimate of drug-likeness (QED) is 0.836. The third kappa shape index (κ3) is 5.10. The van der Waals surface area contributed by atoms with Crippen LogP contribution >= 0.6 is 23.1 Å². The molecule has 1 aromatic rings. The SMILES string of the molecule is C[C@H](S[C@@H](C)[C@H](C)O)C(=O)NCc1cccs1. The summed E-state index contributed by atoms with van der Waals surface area (Å²) < 4.78 is 0. The van der Waals surface area contributed by atoms with E-state index in [1.54, 1.807) is 18.3 Å². The highest BCUT2D eigenvalue weighted by atomic mass is 32.2. The first kappa shape index (κ1) is 14.5. The second-order valence-electron chi connectivity index (χ2n) is 4.02. The van der Waals surface area contributed by atoms with Gasteiger partial charge in [0.1, 0.15) is 0 Å². The van der Waals surface area contributed by atoms with Crippen LogP contribution in [0.5, 0.6) is 0 Å². The fourth-order valence-electron chi connectivity index (χ4n) is 1.23. The van der Waals surface area contributed by atoms with Gasteiger partial charge in [0.25, 0.3) is 0 Å². The van der Waals surface area contributed by atoms with E-state index < -0.39 is 6.10 Å². The highest BCUT2D eigenvalue weighted by Gasteiger charge is 2.19. The molecule has 0 bridgehead atoms. The van der Waals surface area contributed by atoms with Gasteiger partial charge in [-0.15, -0.1) is 23.1 Å². The topological polar surface area (TPSA) is 49.3 Å². The summed E-state index contributed by atoms with van der Waals surface area (Å²) in [5, 5.41) is 14.2. The van der Waals surface area contributed by atoms with E-state index >= 15 is 0 Å². The average Bonchev–Trinajstić information content (AvgIpc) is 2.78. The van der Waals surface area contributed by atoms with Crippen molar-refractivity contribution in [1.29, 1.82) is 0 Å². The molecule has 0 fully saturated rings. The molecule has 0 saturated carbocycles. The summed E-state index contributed by atoms with van der Waals surface area (Å²) in [6.07, 6.45) is -0.396. The lowest BCUT2D eigenvalue weighted by atomic mass is 10.3. The normalized spacial score (nSPS) is 16.2. The Morgan fingerprint density at radius 1 is 1.53 bits per heavy atom. The van der Waals surface area contributed by atoms with Gasteiger partial charge in [-0.25, -0.2) is 0 Å². The standard InChI is InChI=1S/C12H19NO2S2/c1-8(14)9(2)17-10(3)12(15)13-7-11-5-4-6-16-11/h4-6,8-10,14H,7H2,1-3H3,(H,13,15)/t8-,9-,10-/m0/s1. The lowest BCUT2D eigenvalue weighted by molar-refractivity contribution is -0.120. The maximum atomic E-state index is 11.8. The molecule has 2 N–H and O–H groups in total. The predicted molar refractivity (Wildman–Crippen MR) is 74.4 cm³/mol. The molecular weight excluding hydrogens is 254 g/mol. The molecule has 1 amide bonds. The Bertz CT molecular complexity index is 338. The van der Waals surface area contributed by atoms with E-state index in [2.05, 4.69) is 5.32 Å². The Balaban J connectivity index is 2.32. The zero-order valence-electron chi connectivity index (χ0n) is 10.3. The molecule has 1 rings (SSSR count). The van der Waals surface area contributed by atoms with Gasteiger partial charge in [-0.2, -0.15) is 0 Å². The van der Waals surface area contributed by atoms with Crippen molar-refractivity contribution in [1.82, 2.24) is 5.32 Å². The van der Waals surface area contributed by atoms with Crippen molar-refractivity contribution >= 4 is 29.0 Å². The number of nitrogens with one attached hydrogen (secondary N) is 1. The number of carbonyl (C=O) groups excluding carboxylic acids is 1. The van der Waals surface area contributed by atoms with Crippen LogP contribution in [-0.4, -0.2) is 27.6 Å². The maximum absolute atomic E-state index is 11.8. The highest BCUT2D eigenvalue weighted by Crippen LogP contribution is 2.20. The van der Waals surface area contributed by atoms with Gasteiger partial charge in [0.2, 0.25) is 5.91 Å². The maximum Gasteiger partial charge on any atom is 0.233 e. The number of thiophene rings is 1. The van der Waals surface area contributed by atoms with Crippen molar-refractivity contribution in [2.24, 2.45) is 0 Å². The number of aliphatic hydroxyl groups excluding tert-OH is 1. The van der Waals surface area contributed by atoms with Gasteiger partial charge >= 0.3 is 0 Å². The molecule has 0 aliphatic heterocycles. The van der Waals surface area contributed by atoms with E-state index in [1.165, 1.54) is 11.8 Å². The van der Waals surface area contributed by atoms with Crippen molar-refractivity contribution in [2.75, 3.05) is 0 Å². The number of hydrogen-bond acceptors (Lipinski definition) is 4. The largest absolute Gasteiger partial charge is 0.392 e. The summed E-state index contributed by atoms with van der Waals surface area (Å²) in [6.45, 7) is 6.13. The van der Waals surface area contributed by atoms with Crippen LogP contribution in [0.4, 0.5) is 0 Å². The van der Waals surface area contributed by atoms with E-state index in [4.69, 9.17) is 0 Å². The first-order chi connectivity index (χ1) is 8.00. The lowest BCUT2D eigenvalue weighted by Crippen LogP contribution is -2.32. The van der Waals surface area contributed by atoms with Crippen molar-refractivity contribution in [2.45, 2.75) is 43.9 Å². The Labute approximate surface area is 111 Å². The predicted octanol–water partition coefficient (Wildman–Crippen LogP) is 2.26. The summed E-state index contributed by atoms with van der Waals surface area (Å²) in [4.78, 5) is 12.9. The number of amides is 1. The van der Waals surface area contributed by atoms with Gasteiger partial charge in [-0.05, 0) is 25.3 Å². The molecule has 0 saturated heterocycles. The molecule has 1 heterocycles. The second-order valence-corrected chi connectivity index (χ2v) is 6.78. The molecule has 0 spiro atoms. The first-order valence-corrected chi connectivity index (χ1v) is 7.46. The van der Waals surface area contributed by atoms with Crippen LogP contribution in [-0.2, 0) is 11.3 Å². The van der Waals surface area contributed by atoms with E-state index in [9.17, 15) is 9.90 Å². The van der Waals surface area contributed by atoms with E-state index in [0.29, 0.717) is 6.54 Å². The van der Waals surface area contributed by atoms with Crippen LogP contribution in [0.25, 0.3) is 0 Å². The van der Waals surface area contributed by atoms with E-state index in [0.717, 1.165) is 4.88 Å². The molecule has 1 aromatic heterocycles. The number of aliphatic hydroxyl groups is 1. The summed E-state index contributed by atoms with van der Waals surface area (Å²) in [5.41, 5.74) is 0. The summed E-state index contributed by atoms with van der Waals surface area (Å²) in [6, 6.07) is 3.97. The molecule has 0 unspecified atom stereocenters. The molecule has 17 heavy (non-hydrogen) atoms. The Kier molecular flexibility index (Phi) is 6.02. The summed E-state index contributed by atoms with van der Waals surface area (Å²) in [5.74, 6) is 0.0240. The fraction of sp³-hybridized carbons (Fsp3) is 0.583. The zero-order chi connectivity index (χ0) is 12.8. The highest BCUT2D eigenvalue weighted by molar-refractivity contribution is 8.01. The van der Waals surface area contributed by atoms with Crippen LogP contribution in [0.3, 0.4) is 0 Å². The molecule has 5 heteroatoms. The smallest absolute Gasteiger partial charge is 0.233 e. The van der Waals surface area contributed by atoms with Gasteiger partial charge in [-0.1, -0.05) is 13.0 Å². The Morgan fingerprint density at radius 2 is 2.24 bits per heavy atom. The molecule has 0 radical (unpaired) electrons. The van der Waals surface area contributed by atoms with E-state index in [-0.39, 0.29) is 16.4 Å². The van der Waals surface area contributed by atoms with Crippen LogP contribution < -0.4 is 5.32 Å². The second kappa shape index (κ2) is 7.03. The molecule has 3 nitrogen and oxygen atoms in total. The third-order valence-corrected chi connectivity index (χ3v) is 4.81. The van der Waals surface area contributed by atoms with Crippen molar-refractivity contribution < 1.29 is 9.90 Å². The van der Waals surface area contributed by atoms with Gasteiger partial charge in [0.15, 0.2) is 0 Å².